The topological polar surface area (TPSA) is 61.4 Å². The molecule has 0 atom stereocenters. The molecule has 0 heterocycles. The minimum Gasteiger partial charge on any atom is -0.505 e. The van der Waals surface area contributed by atoms with Crippen LogP contribution in [0.2, 0.25) is 10.0 Å². The summed E-state index contributed by atoms with van der Waals surface area (Å²) in [5, 5.41) is 15.1. The second-order valence-corrected chi connectivity index (χ2v) is 6.17. The van der Waals surface area contributed by atoms with Crippen molar-refractivity contribution in [3.8, 4) is 5.75 Å². The summed E-state index contributed by atoms with van der Waals surface area (Å²) < 4.78 is 0. The molecule has 0 bridgehead atoms. The Bertz CT molecular complexity index is 504. The maximum Gasteiger partial charge on any atom is 0.231 e. The third-order valence-electron chi connectivity index (χ3n) is 2.18. The Labute approximate surface area is 127 Å². The Morgan fingerprint density at radius 3 is 2.16 bits per heavy atom. The quantitative estimate of drug-likeness (QED) is 0.547. The van der Waals surface area contributed by atoms with Crippen LogP contribution in [0.1, 0.15) is 20.8 Å². The number of hydrogen-bond donors (Lipinski definition) is 3. The van der Waals surface area contributed by atoms with Gasteiger partial charge >= 0.3 is 0 Å². The standard InChI is InChI=1S/C12H14Cl2N2O2S/c1-12(2,3)10(18)16-11(19)15-6-4-7(13)9(17)8(14)5-6/h4-5,17H,1-3H3,(H2,15,16,18,19). The van der Waals surface area contributed by atoms with E-state index in [9.17, 15) is 9.90 Å². The van der Waals surface area contributed by atoms with Gasteiger partial charge in [0, 0.05) is 11.1 Å². The first-order valence-corrected chi connectivity index (χ1v) is 6.58. The minimum atomic E-state index is -0.546. The molecule has 0 aliphatic heterocycles. The van der Waals surface area contributed by atoms with Crippen LogP contribution in [0.3, 0.4) is 0 Å². The summed E-state index contributed by atoms with van der Waals surface area (Å²) in [6.07, 6.45) is 0. The molecule has 4 nitrogen and oxygen atoms in total. The van der Waals surface area contributed by atoms with Gasteiger partial charge in [0.1, 0.15) is 0 Å². The molecule has 19 heavy (non-hydrogen) atoms. The summed E-state index contributed by atoms with van der Waals surface area (Å²) in [6, 6.07) is 2.91. The molecule has 0 saturated heterocycles. The Hall–Kier alpha value is -1.04. The van der Waals surface area contributed by atoms with Crippen LogP contribution in [-0.4, -0.2) is 16.1 Å². The van der Waals surface area contributed by atoms with Crippen LogP contribution in [-0.2, 0) is 4.79 Å². The number of hydrogen-bond acceptors (Lipinski definition) is 3. The Morgan fingerprint density at radius 2 is 1.74 bits per heavy atom. The van der Waals surface area contributed by atoms with Gasteiger partial charge in [-0.2, -0.15) is 0 Å². The lowest BCUT2D eigenvalue weighted by Crippen LogP contribution is -2.41. The summed E-state index contributed by atoms with van der Waals surface area (Å²) in [4.78, 5) is 11.7. The SMILES string of the molecule is CC(C)(C)C(=O)NC(=S)Nc1cc(Cl)c(O)c(Cl)c1. The van der Waals surface area contributed by atoms with E-state index in [1.165, 1.54) is 12.1 Å². The second-order valence-electron chi connectivity index (χ2n) is 4.95. The fourth-order valence-corrected chi connectivity index (χ4v) is 1.79. The van der Waals surface area contributed by atoms with E-state index in [1.54, 1.807) is 20.8 Å². The van der Waals surface area contributed by atoms with Crippen molar-refractivity contribution >= 4 is 52.1 Å². The normalized spacial score (nSPS) is 11.0. The van der Waals surface area contributed by atoms with Crippen LogP contribution in [0.4, 0.5) is 5.69 Å². The number of anilines is 1. The smallest absolute Gasteiger partial charge is 0.231 e. The molecule has 1 amide bonds. The minimum absolute atomic E-state index is 0.0972. The molecule has 0 aliphatic rings. The molecular weight excluding hydrogens is 307 g/mol. The van der Waals surface area contributed by atoms with Gasteiger partial charge < -0.3 is 15.7 Å². The van der Waals surface area contributed by atoms with Crippen molar-refractivity contribution in [2.45, 2.75) is 20.8 Å². The molecule has 1 aromatic rings. The van der Waals surface area contributed by atoms with Crippen LogP contribution in [0.5, 0.6) is 5.75 Å². The molecule has 7 heteroatoms. The van der Waals surface area contributed by atoms with Gasteiger partial charge in [-0.05, 0) is 24.4 Å². The summed E-state index contributed by atoms with van der Waals surface area (Å²) in [7, 11) is 0. The predicted octanol–water partition coefficient (Wildman–Crippen LogP) is 3.56. The fourth-order valence-electron chi connectivity index (χ4n) is 1.09. The summed E-state index contributed by atoms with van der Waals surface area (Å²) in [6.45, 7) is 5.33. The van der Waals surface area contributed by atoms with Gasteiger partial charge in [-0.15, -0.1) is 0 Å². The van der Waals surface area contributed by atoms with E-state index in [0.717, 1.165) is 0 Å². The van der Waals surface area contributed by atoms with Crippen LogP contribution < -0.4 is 10.6 Å². The molecule has 0 radical (unpaired) electrons. The second kappa shape index (κ2) is 5.94. The van der Waals surface area contributed by atoms with E-state index in [0.29, 0.717) is 5.69 Å². The van der Waals surface area contributed by atoms with Gasteiger partial charge in [-0.3, -0.25) is 4.79 Å². The molecule has 1 rings (SSSR count). The summed E-state index contributed by atoms with van der Waals surface area (Å²) >= 11 is 16.6. The molecule has 0 unspecified atom stereocenters. The maximum atomic E-state index is 11.7. The van der Waals surface area contributed by atoms with Crippen LogP contribution >= 0.6 is 35.4 Å². The molecule has 0 aromatic heterocycles. The zero-order valence-electron chi connectivity index (χ0n) is 10.7. The van der Waals surface area contributed by atoms with Crippen LogP contribution in [0.25, 0.3) is 0 Å². The summed E-state index contributed by atoms with van der Waals surface area (Å²) in [5.74, 6) is -0.403. The Balaban J connectivity index is 2.76. The first-order valence-electron chi connectivity index (χ1n) is 5.41. The molecule has 0 saturated carbocycles. The fraction of sp³-hybridized carbons (Fsp3) is 0.333. The van der Waals surface area contributed by atoms with Crippen molar-refractivity contribution in [1.29, 1.82) is 0 Å². The lowest BCUT2D eigenvalue weighted by Gasteiger charge is -2.18. The number of aromatic hydroxyl groups is 1. The van der Waals surface area contributed by atoms with Gasteiger partial charge in [0.15, 0.2) is 10.9 Å². The molecule has 0 spiro atoms. The van der Waals surface area contributed by atoms with Gasteiger partial charge in [0.05, 0.1) is 10.0 Å². The number of rotatable bonds is 1. The van der Waals surface area contributed by atoms with E-state index in [4.69, 9.17) is 35.4 Å². The van der Waals surface area contributed by atoms with Crippen molar-refractivity contribution in [2.24, 2.45) is 5.41 Å². The highest BCUT2D eigenvalue weighted by atomic mass is 35.5. The van der Waals surface area contributed by atoms with E-state index in [2.05, 4.69) is 10.6 Å². The zero-order valence-corrected chi connectivity index (χ0v) is 13.0. The maximum absolute atomic E-state index is 11.7. The molecular formula is C12H14Cl2N2O2S. The van der Waals surface area contributed by atoms with Gasteiger partial charge in [-0.1, -0.05) is 44.0 Å². The number of phenolic OH excluding ortho intramolecular Hbond substituents is 1. The molecule has 1 aromatic carbocycles. The van der Waals surface area contributed by atoms with Gasteiger partial charge in [0.25, 0.3) is 0 Å². The molecule has 0 aliphatic carbocycles. The van der Waals surface area contributed by atoms with Gasteiger partial charge in [-0.25, -0.2) is 0 Å². The largest absolute Gasteiger partial charge is 0.505 e. The van der Waals surface area contributed by atoms with E-state index < -0.39 is 5.41 Å². The van der Waals surface area contributed by atoms with Crippen molar-refractivity contribution in [2.75, 3.05) is 5.32 Å². The van der Waals surface area contributed by atoms with Gasteiger partial charge in [0.2, 0.25) is 5.91 Å². The van der Waals surface area contributed by atoms with Crippen molar-refractivity contribution in [3.05, 3.63) is 22.2 Å². The Morgan fingerprint density at radius 1 is 1.26 bits per heavy atom. The number of thiocarbonyl (C=S) groups is 1. The Kier molecular flexibility index (Phi) is 5.01. The number of carbonyl (C=O) groups excluding carboxylic acids is 1. The lowest BCUT2D eigenvalue weighted by molar-refractivity contribution is -0.126. The molecule has 3 N–H and O–H groups in total. The average Bonchev–Trinajstić information content (AvgIpc) is 2.24. The van der Waals surface area contributed by atoms with E-state index in [1.807, 2.05) is 0 Å². The zero-order chi connectivity index (χ0) is 14.8. The first kappa shape index (κ1) is 16.0. The number of carbonyl (C=O) groups is 1. The van der Waals surface area contributed by atoms with Crippen molar-refractivity contribution < 1.29 is 9.90 Å². The first-order chi connectivity index (χ1) is 8.61. The average molecular weight is 321 g/mol. The number of amides is 1. The van der Waals surface area contributed by atoms with E-state index in [-0.39, 0.29) is 26.8 Å². The number of nitrogens with one attached hydrogen (secondary N) is 2. The predicted molar refractivity (Wildman–Crippen MR) is 81.9 cm³/mol. The highest BCUT2D eigenvalue weighted by Gasteiger charge is 2.22. The van der Waals surface area contributed by atoms with Crippen LogP contribution in [0, 0.1) is 5.41 Å². The van der Waals surface area contributed by atoms with E-state index >= 15 is 0 Å². The molecule has 0 fully saturated rings. The lowest BCUT2D eigenvalue weighted by atomic mass is 9.96. The number of phenols is 1. The number of benzene rings is 1. The third kappa shape index (κ3) is 4.53. The number of halogens is 2. The van der Waals surface area contributed by atoms with Crippen molar-refractivity contribution in [3.63, 3.8) is 0 Å². The summed E-state index contributed by atoms with van der Waals surface area (Å²) in [5.41, 5.74) is -0.0669. The molecule has 104 valence electrons. The monoisotopic (exact) mass is 320 g/mol. The third-order valence-corrected chi connectivity index (χ3v) is 2.96. The highest BCUT2D eigenvalue weighted by Crippen LogP contribution is 2.34. The van der Waals surface area contributed by atoms with Crippen LogP contribution in [0.15, 0.2) is 12.1 Å². The van der Waals surface area contributed by atoms with Crippen molar-refractivity contribution in [1.82, 2.24) is 5.32 Å². The highest BCUT2D eigenvalue weighted by molar-refractivity contribution is 7.80.